The van der Waals surface area contributed by atoms with Crippen molar-refractivity contribution in [3.8, 4) is 0 Å². The van der Waals surface area contributed by atoms with Gasteiger partial charge in [-0.1, -0.05) is 51.3 Å². The van der Waals surface area contributed by atoms with Crippen LogP contribution in [0.1, 0.15) is 5.56 Å². The average molecular weight is 381 g/mol. The van der Waals surface area contributed by atoms with Gasteiger partial charge in [0.1, 0.15) is 0 Å². The summed E-state index contributed by atoms with van der Waals surface area (Å²) in [6, 6.07) is 18.0. The summed E-state index contributed by atoms with van der Waals surface area (Å²) >= 11 is 15.7. The molecule has 0 heterocycles. The standard InChI is InChI=1S/C17H12BrCl2N/c18-14-3-1-12-9-16(5-2-11(12)7-14)21-10-13-8-15(19)4-6-17(13)20/h1-9,21H,10H2. The third kappa shape index (κ3) is 3.52. The van der Waals surface area contributed by atoms with Gasteiger partial charge >= 0.3 is 0 Å². The first kappa shape index (κ1) is 14.7. The van der Waals surface area contributed by atoms with E-state index in [0.717, 1.165) is 20.7 Å². The van der Waals surface area contributed by atoms with Crippen molar-refractivity contribution in [2.45, 2.75) is 6.54 Å². The van der Waals surface area contributed by atoms with Gasteiger partial charge in [0.25, 0.3) is 0 Å². The molecule has 0 aromatic heterocycles. The van der Waals surface area contributed by atoms with Crippen molar-refractivity contribution in [3.63, 3.8) is 0 Å². The Morgan fingerprint density at radius 3 is 2.48 bits per heavy atom. The van der Waals surface area contributed by atoms with Crippen LogP contribution in [0.15, 0.2) is 59.1 Å². The Bertz CT molecular complexity index is 802. The number of fused-ring (bicyclic) bond motifs is 1. The first-order valence-electron chi connectivity index (χ1n) is 6.49. The molecule has 0 saturated carbocycles. The molecule has 1 N–H and O–H groups in total. The summed E-state index contributed by atoms with van der Waals surface area (Å²) in [5, 5.41) is 7.19. The maximum absolute atomic E-state index is 6.17. The quantitative estimate of drug-likeness (QED) is 0.545. The van der Waals surface area contributed by atoms with E-state index in [-0.39, 0.29) is 0 Å². The second-order valence-electron chi connectivity index (χ2n) is 4.80. The molecule has 0 aliphatic heterocycles. The zero-order valence-corrected chi connectivity index (χ0v) is 14.1. The van der Waals surface area contributed by atoms with Crippen LogP contribution in [0.25, 0.3) is 10.8 Å². The number of halogens is 3. The van der Waals surface area contributed by atoms with Crippen molar-refractivity contribution >= 4 is 55.6 Å². The molecule has 3 aromatic rings. The van der Waals surface area contributed by atoms with Crippen molar-refractivity contribution in [3.05, 3.63) is 74.7 Å². The van der Waals surface area contributed by atoms with Gasteiger partial charge in [0.15, 0.2) is 0 Å². The predicted molar refractivity (Wildman–Crippen MR) is 95.4 cm³/mol. The van der Waals surface area contributed by atoms with Crippen molar-refractivity contribution in [2.24, 2.45) is 0 Å². The van der Waals surface area contributed by atoms with Crippen LogP contribution in [0.2, 0.25) is 10.0 Å². The SMILES string of the molecule is Clc1ccc(Cl)c(CNc2ccc3cc(Br)ccc3c2)c1. The largest absolute Gasteiger partial charge is 0.381 e. The minimum atomic E-state index is 0.640. The van der Waals surface area contributed by atoms with E-state index in [0.29, 0.717) is 11.6 Å². The number of nitrogens with one attached hydrogen (secondary N) is 1. The van der Waals surface area contributed by atoms with E-state index in [1.165, 1.54) is 10.8 Å². The fraction of sp³-hybridized carbons (Fsp3) is 0.0588. The third-order valence-electron chi connectivity index (χ3n) is 3.29. The molecule has 0 aliphatic carbocycles. The highest BCUT2D eigenvalue weighted by molar-refractivity contribution is 9.10. The summed E-state index contributed by atoms with van der Waals surface area (Å²) in [6.45, 7) is 0.640. The van der Waals surface area contributed by atoms with Crippen LogP contribution in [0.4, 0.5) is 5.69 Å². The number of hydrogen-bond acceptors (Lipinski definition) is 1. The van der Waals surface area contributed by atoms with Gasteiger partial charge in [-0.25, -0.2) is 0 Å². The Kier molecular flexibility index (Phi) is 4.39. The van der Waals surface area contributed by atoms with E-state index >= 15 is 0 Å². The van der Waals surface area contributed by atoms with E-state index in [9.17, 15) is 0 Å². The van der Waals surface area contributed by atoms with Gasteiger partial charge in [0.2, 0.25) is 0 Å². The highest BCUT2D eigenvalue weighted by Gasteiger charge is 2.02. The summed E-state index contributed by atoms with van der Waals surface area (Å²) < 4.78 is 1.08. The molecular formula is C17H12BrCl2N. The van der Waals surface area contributed by atoms with Crippen LogP contribution in [0.3, 0.4) is 0 Å². The first-order chi connectivity index (χ1) is 10.1. The number of benzene rings is 3. The molecule has 21 heavy (non-hydrogen) atoms. The van der Waals surface area contributed by atoms with Crippen molar-refractivity contribution in [1.29, 1.82) is 0 Å². The lowest BCUT2D eigenvalue weighted by Gasteiger charge is -2.10. The van der Waals surface area contributed by atoms with Gasteiger partial charge in [-0.3, -0.25) is 0 Å². The minimum absolute atomic E-state index is 0.640. The molecule has 0 atom stereocenters. The second kappa shape index (κ2) is 6.27. The van der Waals surface area contributed by atoms with E-state index in [1.54, 1.807) is 6.07 Å². The van der Waals surface area contributed by atoms with Gasteiger partial charge < -0.3 is 5.32 Å². The summed E-state index contributed by atoms with van der Waals surface area (Å²) in [7, 11) is 0. The highest BCUT2D eigenvalue weighted by atomic mass is 79.9. The molecule has 0 bridgehead atoms. The lowest BCUT2D eigenvalue weighted by Crippen LogP contribution is -2.00. The zero-order valence-electron chi connectivity index (χ0n) is 11.0. The maximum atomic E-state index is 6.17. The van der Waals surface area contributed by atoms with Crippen LogP contribution >= 0.6 is 39.1 Å². The van der Waals surface area contributed by atoms with Crippen LogP contribution in [0, 0.1) is 0 Å². The van der Waals surface area contributed by atoms with E-state index < -0.39 is 0 Å². The number of hydrogen-bond donors (Lipinski definition) is 1. The minimum Gasteiger partial charge on any atom is -0.381 e. The molecule has 4 heteroatoms. The lowest BCUT2D eigenvalue weighted by molar-refractivity contribution is 1.15. The monoisotopic (exact) mass is 379 g/mol. The van der Waals surface area contributed by atoms with Gasteiger partial charge in [-0.05, 0) is 58.8 Å². The Labute approximate surface area is 142 Å². The Balaban J connectivity index is 1.82. The maximum Gasteiger partial charge on any atom is 0.0456 e. The molecule has 0 amide bonds. The third-order valence-corrected chi connectivity index (χ3v) is 4.39. The topological polar surface area (TPSA) is 12.0 Å². The molecule has 3 aromatic carbocycles. The van der Waals surface area contributed by atoms with E-state index in [2.05, 4.69) is 51.6 Å². The van der Waals surface area contributed by atoms with Crippen LogP contribution in [0.5, 0.6) is 0 Å². The van der Waals surface area contributed by atoms with Gasteiger partial charge in [0.05, 0.1) is 0 Å². The molecule has 0 fully saturated rings. The first-order valence-corrected chi connectivity index (χ1v) is 8.04. The molecule has 0 saturated heterocycles. The fourth-order valence-corrected chi connectivity index (χ4v) is 2.96. The molecule has 0 aliphatic rings. The van der Waals surface area contributed by atoms with E-state index in [4.69, 9.17) is 23.2 Å². The summed E-state index contributed by atoms with van der Waals surface area (Å²) in [5.41, 5.74) is 2.04. The molecule has 1 nitrogen and oxygen atoms in total. The molecule has 0 unspecified atom stereocenters. The van der Waals surface area contributed by atoms with Crippen LogP contribution in [-0.4, -0.2) is 0 Å². The summed E-state index contributed by atoms with van der Waals surface area (Å²) in [4.78, 5) is 0. The number of anilines is 1. The van der Waals surface area contributed by atoms with Gasteiger partial charge in [-0.15, -0.1) is 0 Å². The lowest BCUT2D eigenvalue weighted by atomic mass is 10.1. The zero-order chi connectivity index (χ0) is 14.8. The molecule has 3 rings (SSSR count). The van der Waals surface area contributed by atoms with Gasteiger partial charge in [-0.2, -0.15) is 0 Å². The fourth-order valence-electron chi connectivity index (χ4n) is 2.20. The Morgan fingerprint density at radius 2 is 1.62 bits per heavy atom. The van der Waals surface area contributed by atoms with E-state index in [1.807, 2.05) is 18.2 Å². The van der Waals surface area contributed by atoms with Crippen molar-refractivity contribution < 1.29 is 0 Å². The smallest absolute Gasteiger partial charge is 0.0456 e. The van der Waals surface area contributed by atoms with Crippen molar-refractivity contribution in [2.75, 3.05) is 5.32 Å². The summed E-state index contributed by atoms with van der Waals surface area (Å²) in [6.07, 6.45) is 0. The predicted octanol–water partition coefficient (Wildman–Crippen LogP) is 6.52. The van der Waals surface area contributed by atoms with Crippen LogP contribution < -0.4 is 5.32 Å². The molecule has 0 spiro atoms. The van der Waals surface area contributed by atoms with Crippen LogP contribution in [-0.2, 0) is 6.54 Å². The molecule has 0 radical (unpaired) electrons. The normalized spacial score (nSPS) is 10.8. The Morgan fingerprint density at radius 1 is 0.857 bits per heavy atom. The van der Waals surface area contributed by atoms with Gasteiger partial charge in [0, 0.05) is 26.8 Å². The second-order valence-corrected chi connectivity index (χ2v) is 6.55. The molecular weight excluding hydrogens is 369 g/mol. The highest BCUT2D eigenvalue weighted by Crippen LogP contribution is 2.25. The van der Waals surface area contributed by atoms with Crippen molar-refractivity contribution in [1.82, 2.24) is 0 Å². The molecule has 106 valence electrons. The number of rotatable bonds is 3. The Hall–Kier alpha value is -1.22. The summed E-state index contributed by atoms with van der Waals surface area (Å²) in [5.74, 6) is 0. The average Bonchev–Trinajstić information content (AvgIpc) is 2.48.